The van der Waals surface area contributed by atoms with E-state index in [1.54, 1.807) is 0 Å². The van der Waals surface area contributed by atoms with Gasteiger partial charge in [-0.1, -0.05) is 12.1 Å². The molecule has 0 heterocycles. The number of carbonyl (C=O) groups excluding carboxylic acids is 1. The van der Waals surface area contributed by atoms with Gasteiger partial charge in [0, 0.05) is 20.0 Å². The zero-order chi connectivity index (χ0) is 13.8. The number of aromatic carboxylic acids is 1. The van der Waals surface area contributed by atoms with Crippen LogP contribution in [0, 0.1) is 11.3 Å². The molecule has 18 heavy (non-hydrogen) atoms. The molecule has 7 heteroatoms. The largest absolute Gasteiger partial charge is 0.545 e. The molecular weight excluding hydrogens is 256 g/mol. The van der Waals surface area contributed by atoms with Crippen LogP contribution in [0.2, 0.25) is 0 Å². The summed E-state index contributed by atoms with van der Waals surface area (Å²) in [4.78, 5) is 10.5. The number of carbonyl (C=O) groups is 1. The van der Waals surface area contributed by atoms with Gasteiger partial charge in [0.1, 0.15) is 0 Å². The summed E-state index contributed by atoms with van der Waals surface area (Å²) in [5.41, 5.74) is -0.204. The molecule has 0 fully saturated rings. The summed E-state index contributed by atoms with van der Waals surface area (Å²) < 4.78 is 25.0. The lowest BCUT2D eigenvalue weighted by atomic mass is 10.2. The zero-order valence-corrected chi connectivity index (χ0v) is 10.5. The van der Waals surface area contributed by atoms with E-state index < -0.39 is 16.0 Å². The fraction of sp³-hybridized carbons (Fsp3) is 0.273. The lowest BCUT2D eigenvalue weighted by Crippen LogP contribution is -2.28. The second-order valence-electron chi connectivity index (χ2n) is 3.55. The Bertz CT molecular complexity index is 589. The fourth-order valence-corrected chi connectivity index (χ4v) is 2.51. The molecule has 1 aromatic carbocycles. The average Bonchev–Trinajstić information content (AvgIpc) is 2.35. The van der Waals surface area contributed by atoms with Crippen LogP contribution in [0.1, 0.15) is 16.8 Å². The number of benzene rings is 1. The fourth-order valence-electron chi connectivity index (χ4n) is 1.29. The molecule has 0 atom stereocenters. The smallest absolute Gasteiger partial charge is 0.242 e. The van der Waals surface area contributed by atoms with E-state index in [2.05, 4.69) is 0 Å². The van der Waals surface area contributed by atoms with Crippen LogP contribution in [0.4, 0.5) is 0 Å². The van der Waals surface area contributed by atoms with Crippen molar-refractivity contribution in [2.45, 2.75) is 11.3 Å². The number of carboxylic acids is 1. The Morgan fingerprint density at radius 2 is 2.17 bits per heavy atom. The monoisotopic (exact) mass is 267 g/mol. The first-order valence-electron chi connectivity index (χ1n) is 5.04. The summed E-state index contributed by atoms with van der Waals surface area (Å²) >= 11 is 0. The molecule has 0 saturated heterocycles. The summed E-state index contributed by atoms with van der Waals surface area (Å²) in [5, 5.41) is 19.1. The van der Waals surface area contributed by atoms with E-state index in [0.717, 1.165) is 10.4 Å². The number of sulfonamides is 1. The van der Waals surface area contributed by atoms with Crippen molar-refractivity contribution < 1.29 is 18.3 Å². The van der Waals surface area contributed by atoms with Crippen molar-refractivity contribution in [3.8, 4) is 6.07 Å². The van der Waals surface area contributed by atoms with Crippen LogP contribution >= 0.6 is 0 Å². The van der Waals surface area contributed by atoms with Gasteiger partial charge >= 0.3 is 0 Å². The number of hydrogen-bond acceptors (Lipinski definition) is 5. The second kappa shape index (κ2) is 5.62. The molecule has 0 aliphatic heterocycles. The molecule has 0 amide bonds. The first kappa shape index (κ1) is 14.2. The van der Waals surface area contributed by atoms with Gasteiger partial charge in [-0.15, -0.1) is 0 Å². The van der Waals surface area contributed by atoms with Gasteiger partial charge in [0.2, 0.25) is 10.0 Å². The molecule has 0 spiro atoms. The molecule has 0 unspecified atom stereocenters. The lowest BCUT2D eigenvalue weighted by Gasteiger charge is -2.16. The molecular formula is C11H11N2O4S-. The Kier molecular flexibility index (Phi) is 4.42. The molecule has 0 N–H and O–H groups in total. The zero-order valence-electron chi connectivity index (χ0n) is 9.66. The number of rotatable bonds is 5. The molecule has 0 aliphatic rings. The van der Waals surface area contributed by atoms with Crippen LogP contribution < -0.4 is 5.11 Å². The van der Waals surface area contributed by atoms with Crippen molar-refractivity contribution in [1.29, 1.82) is 5.26 Å². The maximum absolute atomic E-state index is 12.0. The van der Waals surface area contributed by atoms with E-state index in [4.69, 9.17) is 5.26 Å². The number of hydrogen-bond donors (Lipinski definition) is 0. The van der Waals surface area contributed by atoms with Crippen molar-refractivity contribution in [2.24, 2.45) is 0 Å². The first-order valence-corrected chi connectivity index (χ1v) is 6.48. The van der Waals surface area contributed by atoms with Crippen molar-refractivity contribution in [3.63, 3.8) is 0 Å². The Balaban J connectivity index is 3.09. The van der Waals surface area contributed by atoms with Crippen LogP contribution in [0.15, 0.2) is 29.2 Å². The molecule has 0 aromatic heterocycles. The number of nitrogens with zero attached hydrogens (tertiary/aromatic N) is 2. The quantitative estimate of drug-likeness (QED) is 0.721. The maximum Gasteiger partial charge on any atom is 0.242 e. The van der Waals surface area contributed by atoms with Gasteiger partial charge in [-0.25, -0.2) is 8.42 Å². The Morgan fingerprint density at radius 1 is 1.50 bits per heavy atom. The highest BCUT2D eigenvalue weighted by molar-refractivity contribution is 7.89. The molecule has 1 aromatic rings. The normalized spacial score (nSPS) is 11.2. The van der Waals surface area contributed by atoms with Gasteiger partial charge < -0.3 is 9.90 Å². The van der Waals surface area contributed by atoms with Gasteiger partial charge in [0.15, 0.2) is 0 Å². The van der Waals surface area contributed by atoms with Crippen LogP contribution in [-0.2, 0) is 10.0 Å². The molecule has 0 saturated carbocycles. The van der Waals surface area contributed by atoms with E-state index in [9.17, 15) is 18.3 Å². The highest BCUT2D eigenvalue weighted by Crippen LogP contribution is 2.15. The molecule has 96 valence electrons. The van der Waals surface area contributed by atoms with Gasteiger partial charge in [0.25, 0.3) is 0 Å². The molecule has 0 radical (unpaired) electrons. The van der Waals surface area contributed by atoms with Crippen molar-refractivity contribution >= 4 is 16.0 Å². The van der Waals surface area contributed by atoms with Crippen LogP contribution in [0.3, 0.4) is 0 Å². The van der Waals surface area contributed by atoms with Crippen LogP contribution in [-0.4, -0.2) is 32.3 Å². The van der Waals surface area contributed by atoms with Crippen molar-refractivity contribution in [3.05, 3.63) is 29.8 Å². The van der Waals surface area contributed by atoms with Gasteiger partial charge in [-0.2, -0.15) is 9.57 Å². The van der Waals surface area contributed by atoms with E-state index in [1.807, 2.05) is 6.07 Å². The Labute approximate surface area is 105 Å². The Morgan fingerprint density at radius 3 is 2.72 bits per heavy atom. The third kappa shape index (κ3) is 3.06. The SMILES string of the molecule is CN(CCC#N)S(=O)(=O)c1cccc(C(=O)[O-])c1. The summed E-state index contributed by atoms with van der Waals surface area (Å²) in [6.45, 7) is 0.0500. The average molecular weight is 267 g/mol. The van der Waals surface area contributed by atoms with Crippen molar-refractivity contribution in [2.75, 3.05) is 13.6 Å². The topological polar surface area (TPSA) is 101 Å². The summed E-state index contributed by atoms with van der Waals surface area (Å²) in [5.74, 6) is -1.44. The predicted octanol–water partition coefficient (Wildman–Crippen LogP) is -0.416. The third-order valence-corrected chi connectivity index (χ3v) is 4.17. The minimum atomic E-state index is -3.78. The predicted molar refractivity (Wildman–Crippen MR) is 60.8 cm³/mol. The van der Waals surface area contributed by atoms with E-state index in [-0.39, 0.29) is 23.4 Å². The van der Waals surface area contributed by atoms with Gasteiger partial charge in [-0.3, -0.25) is 0 Å². The van der Waals surface area contributed by atoms with E-state index >= 15 is 0 Å². The number of carboxylic acid groups (broad SMARTS) is 1. The number of nitriles is 1. The first-order chi connectivity index (χ1) is 8.39. The van der Waals surface area contributed by atoms with Crippen molar-refractivity contribution in [1.82, 2.24) is 4.31 Å². The highest BCUT2D eigenvalue weighted by Gasteiger charge is 2.20. The van der Waals surface area contributed by atoms with Gasteiger partial charge in [-0.05, 0) is 17.7 Å². The summed E-state index contributed by atoms with van der Waals surface area (Å²) in [7, 11) is -2.44. The Hall–Kier alpha value is -1.91. The van der Waals surface area contributed by atoms with Crippen LogP contribution in [0.25, 0.3) is 0 Å². The van der Waals surface area contributed by atoms with E-state index in [0.29, 0.717) is 0 Å². The third-order valence-electron chi connectivity index (χ3n) is 2.32. The summed E-state index contributed by atoms with van der Waals surface area (Å²) in [6, 6.07) is 6.76. The lowest BCUT2D eigenvalue weighted by molar-refractivity contribution is -0.255. The van der Waals surface area contributed by atoms with Gasteiger partial charge in [0.05, 0.1) is 16.9 Å². The minimum Gasteiger partial charge on any atom is -0.545 e. The molecule has 0 bridgehead atoms. The summed E-state index contributed by atoms with van der Waals surface area (Å²) in [6.07, 6.45) is 0.0654. The molecule has 6 nitrogen and oxygen atoms in total. The maximum atomic E-state index is 12.0. The van der Waals surface area contributed by atoms with Crippen LogP contribution in [0.5, 0.6) is 0 Å². The highest BCUT2D eigenvalue weighted by atomic mass is 32.2. The minimum absolute atomic E-state index is 0.0500. The second-order valence-corrected chi connectivity index (χ2v) is 5.59. The van der Waals surface area contributed by atoms with E-state index in [1.165, 1.54) is 25.2 Å². The molecule has 1 rings (SSSR count). The standard InChI is InChI=1S/C11H12N2O4S/c1-13(7-3-6-12)18(16,17)10-5-2-4-9(8-10)11(14)15/h2,4-5,8H,3,7H2,1H3,(H,14,15)/p-1. The molecule has 0 aliphatic carbocycles.